The summed E-state index contributed by atoms with van der Waals surface area (Å²) in [6, 6.07) is 12.5. The van der Waals surface area contributed by atoms with Gasteiger partial charge in [-0.25, -0.2) is 0 Å². The fraction of sp³-hybridized carbons (Fsp3) is 0.364. The summed E-state index contributed by atoms with van der Waals surface area (Å²) in [6.07, 6.45) is 3.30. The highest BCUT2D eigenvalue weighted by molar-refractivity contribution is 6.35. The van der Waals surface area contributed by atoms with Crippen LogP contribution in [0.15, 0.2) is 36.4 Å². The Morgan fingerprint density at radius 3 is 2.50 bits per heavy atom. The highest BCUT2D eigenvalue weighted by atomic mass is 35.5. The molecule has 1 amide bonds. The fourth-order valence-corrected chi connectivity index (χ4v) is 4.38. The summed E-state index contributed by atoms with van der Waals surface area (Å²) in [7, 11) is 0. The van der Waals surface area contributed by atoms with Crippen molar-refractivity contribution in [2.24, 2.45) is 0 Å². The summed E-state index contributed by atoms with van der Waals surface area (Å²) in [6.45, 7) is 3.84. The van der Waals surface area contributed by atoms with E-state index in [-0.39, 0.29) is 12.0 Å². The summed E-state index contributed by atoms with van der Waals surface area (Å²) in [5.74, 6) is 0.448. The Balaban J connectivity index is 1.93. The molecule has 6 heteroatoms. The summed E-state index contributed by atoms with van der Waals surface area (Å²) in [4.78, 5) is 13.4. The van der Waals surface area contributed by atoms with Crippen LogP contribution in [0.4, 0.5) is 5.69 Å². The number of ether oxygens (including phenoxy) is 1. The molecule has 1 saturated carbocycles. The molecule has 0 atom stereocenters. The van der Waals surface area contributed by atoms with Crippen LogP contribution >= 0.6 is 23.2 Å². The molecule has 1 aliphatic carbocycles. The van der Waals surface area contributed by atoms with Gasteiger partial charge in [-0.05, 0) is 56.5 Å². The van der Waals surface area contributed by atoms with Gasteiger partial charge in [-0.2, -0.15) is 5.26 Å². The maximum absolute atomic E-state index is 13.4. The lowest BCUT2D eigenvalue weighted by Crippen LogP contribution is -2.38. The average Bonchev–Trinajstić information content (AvgIpc) is 3.13. The molecule has 0 spiro atoms. The van der Waals surface area contributed by atoms with Gasteiger partial charge in [0.25, 0.3) is 0 Å². The average molecular weight is 417 g/mol. The van der Waals surface area contributed by atoms with Crippen LogP contribution in [0.2, 0.25) is 10.0 Å². The van der Waals surface area contributed by atoms with Crippen molar-refractivity contribution in [2.45, 2.75) is 51.0 Å². The second-order valence-corrected chi connectivity index (χ2v) is 8.20. The summed E-state index contributed by atoms with van der Waals surface area (Å²) in [5.41, 5.74) is 0.898. The summed E-state index contributed by atoms with van der Waals surface area (Å²) < 4.78 is 5.64. The number of benzene rings is 2. The molecule has 1 fully saturated rings. The first-order valence-electron chi connectivity index (χ1n) is 9.33. The van der Waals surface area contributed by atoms with Crippen molar-refractivity contribution < 1.29 is 9.53 Å². The van der Waals surface area contributed by atoms with Gasteiger partial charge < -0.3 is 10.1 Å². The number of hydrogen-bond acceptors (Lipinski definition) is 3. The van der Waals surface area contributed by atoms with Crippen LogP contribution < -0.4 is 10.1 Å². The molecular formula is C22H22Cl2N2O2. The van der Waals surface area contributed by atoms with E-state index in [0.717, 1.165) is 18.4 Å². The Labute approximate surface area is 175 Å². The van der Waals surface area contributed by atoms with E-state index in [1.807, 2.05) is 19.9 Å². The van der Waals surface area contributed by atoms with Gasteiger partial charge in [0.1, 0.15) is 11.8 Å². The number of hydrogen-bond donors (Lipinski definition) is 1. The van der Waals surface area contributed by atoms with Gasteiger partial charge in [0, 0.05) is 16.1 Å². The zero-order valence-corrected chi connectivity index (χ0v) is 17.4. The molecule has 0 bridgehead atoms. The molecule has 2 aromatic carbocycles. The third-order valence-electron chi connectivity index (χ3n) is 5.07. The number of rotatable bonds is 5. The zero-order chi connectivity index (χ0) is 20.3. The molecule has 0 aliphatic heterocycles. The van der Waals surface area contributed by atoms with Gasteiger partial charge in [0.2, 0.25) is 5.91 Å². The first kappa shape index (κ1) is 20.5. The minimum Gasteiger partial charge on any atom is -0.491 e. The Morgan fingerprint density at radius 2 is 1.89 bits per heavy atom. The first-order valence-corrected chi connectivity index (χ1v) is 10.1. The van der Waals surface area contributed by atoms with Crippen molar-refractivity contribution in [1.29, 1.82) is 5.26 Å². The molecule has 0 saturated heterocycles. The Hall–Kier alpha value is -2.22. The van der Waals surface area contributed by atoms with E-state index in [0.29, 0.717) is 39.9 Å². The number of anilines is 1. The number of halogens is 2. The SMILES string of the molecule is CC(C)Oc1ccc(NC(=O)C2(c3ccc(Cl)cc3Cl)CCCC2)c(C#N)c1. The standard InChI is InChI=1S/C22H22Cl2N2O2/c1-14(2)28-17-6-8-20(15(11-17)13-25)26-21(27)22(9-3-4-10-22)18-7-5-16(23)12-19(18)24/h5-8,11-12,14H,3-4,9-10H2,1-2H3,(H,26,27). The van der Waals surface area contributed by atoms with Crippen LogP contribution in [-0.4, -0.2) is 12.0 Å². The Kier molecular flexibility index (Phi) is 6.17. The number of nitrogens with zero attached hydrogens (tertiary/aromatic N) is 1. The fourth-order valence-electron chi connectivity index (χ4n) is 3.79. The van der Waals surface area contributed by atoms with E-state index < -0.39 is 5.41 Å². The van der Waals surface area contributed by atoms with Gasteiger partial charge in [0.05, 0.1) is 22.8 Å². The van der Waals surface area contributed by atoms with Gasteiger partial charge in [0.15, 0.2) is 0 Å². The molecule has 146 valence electrons. The molecule has 3 rings (SSSR count). The Morgan fingerprint density at radius 1 is 1.18 bits per heavy atom. The molecule has 0 radical (unpaired) electrons. The van der Waals surface area contributed by atoms with Gasteiger partial charge in [-0.3, -0.25) is 4.79 Å². The van der Waals surface area contributed by atoms with Crippen LogP contribution in [0.5, 0.6) is 5.75 Å². The third kappa shape index (κ3) is 4.11. The minimum atomic E-state index is -0.721. The largest absolute Gasteiger partial charge is 0.491 e. The molecule has 1 N–H and O–H groups in total. The van der Waals surface area contributed by atoms with E-state index in [4.69, 9.17) is 27.9 Å². The zero-order valence-electron chi connectivity index (χ0n) is 15.9. The molecule has 2 aromatic rings. The van der Waals surface area contributed by atoms with Crippen molar-refractivity contribution in [3.05, 3.63) is 57.6 Å². The quantitative estimate of drug-likeness (QED) is 0.639. The van der Waals surface area contributed by atoms with Crippen LogP contribution in [0, 0.1) is 11.3 Å². The lowest BCUT2D eigenvalue weighted by molar-refractivity contribution is -0.121. The van der Waals surface area contributed by atoms with Gasteiger partial charge in [-0.15, -0.1) is 0 Å². The van der Waals surface area contributed by atoms with E-state index in [9.17, 15) is 10.1 Å². The van der Waals surface area contributed by atoms with Crippen LogP contribution in [0.25, 0.3) is 0 Å². The summed E-state index contributed by atoms with van der Waals surface area (Å²) >= 11 is 12.5. The summed E-state index contributed by atoms with van der Waals surface area (Å²) in [5, 5.41) is 13.5. The topological polar surface area (TPSA) is 62.1 Å². The molecule has 4 nitrogen and oxygen atoms in total. The minimum absolute atomic E-state index is 0.000730. The molecule has 1 aliphatic rings. The lowest BCUT2D eigenvalue weighted by atomic mass is 9.77. The van der Waals surface area contributed by atoms with E-state index >= 15 is 0 Å². The van der Waals surface area contributed by atoms with Crippen molar-refractivity contribution in [3.8, 4) is 11.8 Å². The van der Waals surface area contributed by atoms with Crippen LogP contribution in [-0.2, 0) is 10.2 Å². The first-order chi connectivity index (χ1) is 13.4. The lowest BCUT2D eigenvalue weighted by Gasteiger charge is -2.29. The highest BCUT2D eigenvalue weighted by Gasteiger charge is 2.44. The molecule has 0 heterocycles. The third-order valence-corrected chi connectivity index (χ3v) is 5.62. The van der Waals surface area contributed by atoms with Crippen molar-refractivity contribution in [1.82, 2.24) is 0 Å². The molecule has 28 heavy (non-hydrogen) atoms. The van der Waals surface area contributed by atoms with Crippen molar-refractivity contribution in [2.75, 3.05) is 5.32 Å². The molecular weight excluding hydrogens is 395 g/mol. The van der Waals surface area contributed by atoms with Crippen molar-refractivity contribution in [3.63, 3.8) is 0 Å². The molecule has 0 aromatic heterocycles. The predicted molar refractivity (Wildman–Crippen MR) is 112 cm³/mol. The van der Waals surface area contributed by atoms with Crippen molar-refractivity contribution >= 4 is 34.8 Å². The number of nitrogens with one attached hydrogen (secondary N) is 1. The van der Waals surface area contributed by atoms with E-state index in [1.54, 1.807) is 30.3 Å². The monoisotopic (exact) mass is 416 g/mol. The normalized spacial score (nSPS) is 15.3. The maximum atomic E-state index is 13.4. The molecule has 0 unspecified atom stereocenters. The van der Waals surface area contributed by atoms with E-state index in [1.165, 1.54) is 0 Å². The maximum Gasteiger partial charge on any atom is 0.235 e. The van der Waals surface area contributed by atoms with E-state index in [2.05, 4.69) is 11.4 Å². The number of nitriles is 1. The Bertz CT molecular complexity index is 929. The highest BCUT2D eigenvalue weighted by Crippen LogP contribution is 2.45. The smallest absolute Gasteiger partial charge is 0.235 e. The van der Waals surface area contributed by atoms with Gasteiger partial charge >= 0.3 is 0 Å². The number of carbonyl (C=O) groups excluding carboxylic acids is 1. The second kappa shape index (κ2) is 8.43. The second-order valence-electron chi connectivity index (χ2n) is 7.35. The predicted octanol–water partition coefficient (Wildman–Crippen LogP) is 6.10. The number of carbonyl (C=O) groups is 1. The van der Waals surface area contributed by atoms with Crippen LogP contribution in [0.1, 0.15) is 50.7 Å². The van der Waals surface area contributed by atoms with Crippen LogP contribution in [0.3, 0.4) is 0 Å². The van der Waals surface area contributed by atoms with Gasteiger partial charge in [-0.1, -0.05) is 42.1 Å². The number of amides is 1.